The van der Waals surface area contributed by atoms with Gasteiger partial charge in [0.25, 0.3) is 5.91 Å². The third-order valence-corrected chi connectivity index (χ3v) is 2.97. The molecule has 0 aliphatic heterocycles. The van der Waals surface area contributed by atoms with Crippen molar-refractivity contribution in [3.8, 4) is 11.8 Å². The van der Waals surface area contributed by atoms with Gasteiger partial charge in [0.15, 0.2) is 6.61 Å². The minimum absolute atomic E-state index is 0.236. The van der Waals surface area contributed by atoms with Crippen molar-refractivity contribution >= 4 is 17.6 Å². The fourth-order valence-electron chi connectivity index (χ4n) is 1.89. The molecule has 0 heterocycles. The summed E-state index contributed by atoms with van der Waals surface area (Å²) < 4.78 is 10.0. The summed E-state index contributed by atoms with van der Waals surface area (Å²) in [5.41, 5.74) is 1.00. The molecule has 0 saturated heterocycles. The molecule has 0 fully saturated rings. The molecule has 0 saturated carbocycles. The molecular weight excluding hydrogens is 296 g/mol. The van der Waals surface area contributed by atoms with Crippen molar-refractivity contribution in [1.82, 2.24) is 0 Å². The first-order chi connectivity index (χ1) is 11.2. The molecule has 2 rings (SSSR count). The molecule has 0 bridgehead atoms. The number of hydrogen-bond donors (Lipinski definition) is 1. The average Bonchev–Trinajstić information content (AvgIpc) is 2.60. The number of benzene rings is 2. The Morgan fingerprint density at radius 2 is 1.83 bits per heavy atom. The molecule has 2 aromatic carbocycles. The van der Waals surface area contributed by atoms with E-state index < -0.39 is 11.9 Å². The number of esters is 1. The second-order valence-electron chi connectivity index (χ2n) is 4.48. The Labute approximate surface area is 133 Å². The van der Waals surface area contributed by atoms with E-state index in [0.717, 1.165) is 0 Å². The van der Waals surface area contributed by atoms with Crippen molar-refractivity contribution in [2.45, 2.75) is 0 Å². The summed E-state index contributed by atoms with van der Waals surface area (Å²) in [6.07, 6.45) is 0. The van der Waals surface area contributed by atoms with Crippen LogP contribution >= 0.6 is 0 Å². The number of ether oxygens (including phenoxy) is 2. The van der Waals surface area contributed by atoms with E-state index in [1.807, 2.05) is 6.07 Å². The second kappa shape index (κ2) is 7.61. The molecule has 1 N–H and O–H groups in total. The van der Waals surface area contributed by atoms with Crippen molar-refractivity contribution in [2.24, 2.45) is 0 Å². The first kappa shape index (κ1) is 16.0. The minimum atomic E-state index is -0.546. The molecule has 116 valence electrons. The lowest BCUT2D eigenvalue weighted by molar-refractivity contribution is -0.118. The molecule has 0 atom stereocenters. The maximum absolute atomic E-state index is 11.9. The van der Waals surface area contributed by atoms with Crippen LogP contribution in [0.2, 0.25) is 0 Å². The molecule has 0 aliphatic carbocycles. The van der Waals surface area contributed by atoms with E-state index in [9.17, 15) is 9.59 Å². The summed E-state index contributed by atoms with van der Waals surface area (Å²) in [6.45, 7) is -0.298. The topological polar surface area (TPSA) is 88.4 Å². The zero-order valence-electron chi connectivity index (χ0n) is 12.4. The standard InChI is InChI=1S/C17H14N2O4/c1-22-17(21)13-7-3-5-9-15(13)23-11-16(20)19-14-8-4-2-6-12(14)10-18/h2-9H,11H2,1H3,(H,19,20). The summed E-state index contributed by atoms with van der Waals surface area (Å²) in [5.74, 6) is -0.730. The lowest BCUT2D eigenvalue weighted by Crippen LogP contribution is -2.21. The third kappa shape index (κ3) is 4.08. The number of methoxy groups -OCH3 is 1. The summed E-state index contributed by atoms with van der Waals surface area (Å²) >= 11 is 0. The van der Waals surface area contributed by atoms with Crippen molar-refractivity contribution in [3.05, 3.63) is 59.7 Å². The smallest absolute Gasteiger partial charge is 0.341 e. The van der Waals surface area contributed by atoms with Crippen molar-refractivity contribution in [2.75, 3.05) is 19.0 Å². The minimum Gasteiger partial charge on any atom is -0.483 e. The lowest BCUT2D eigenvalue weighted by Gasteiger charge is -2.11. The van der Waals surface area contributed by atoms with Gasteiger partial charge in [-0.1, -0.05) is 24.3 Å². The van der Waals surface area contributed by atoms with E-state index in [4.69, 9.17) is 10.00 Å². The number of nitrogens with zero attached hydrogens (tertiary/aromatic N) is 1. The van der Waals surface area contributed by atoms with E-state index in [0.29, 0.717) is 11.3 Å². The summed E-state index contributed by atoms with van der Waals surface area (Å²) in [4.78, 5) is 23.6. The molecule has 0 aliphatic rings. The molecule has 0 spiro atoms. The Hall–Kier alpha value is -3.33. The van der Waals surface area contributed by atoms with Crippen molar-refractivity contribution in [3.63, 3.8) is 0 Å². The lowest BCUT2D eigenvalue weighted by atomic mass is 10.2. The van der Waals surface area contributed by atoms with Crippen LogP contribution < -0.4 is 10.1 Å². The molecule has 1 amide bonds. The number of amides is 1. The van der Waals surface area contributed by atoms with Gasteiger partial charge in [0.05, 0.1) is 18.4 Å². The Kier molecular flexibility index (Phi) is 5.31. The number of hydrogen-bond acceptors (Lipinski definition) is 5. The van der Waals surface area contributed by atoms with Crippen LogP contribution in [0, 0.1) is 11.3 Å². The molecule has 0 radical (unpaired) electrons. The van der Waals surface area contributed by atoms with Gasteiger partial charge in [0.2, 0.25) is 0 Å². The summed E-state index contributed by atoms with van der Waals surface area (Å²) in [7, 11) is 1.27. The Morgan fingerprint density at radius 3 is 2.57 bits per heavy atom. The molecule has 0 unspecified atom stereocenters. The van der Waals surface area contributed by atoms with Crippen LogP contribution in [0.4, 0.5) is 5.69 Å². The largest absolute Gasteiger partial charge is 0.483 e. The number of carbonyl (C=O) groups excluding carboxylic acids is 2. The van der Waals surface area contributed by atoms with Gasteiger partial charge in [-0.15, -0.1) is 0 Å². The molecule has 23 heavy (non-hydrogen) atoms. The van der Waals surface area contributed by atoms with Gasteiger partial charge >= 0.3 is 5.97 Å². The van der Waals surface area contributed by atoms with Crippen molar-refractivity contribution < 1.29 is 19.1 Å². The maximum Gasteiger partial charge on any atom is 0.341 e. The Balaban J connectivity index is 2.03. The zero-order chi connectivity index (χ0) is 16.7. The highest BCUT2D eigenvalue weighted by Gasteiger charge is 2.14. The highest BCUT2D eigenvalue weighted by molar-refractivity contribution is 5.94. The normalized spacial score (nSPS) is 9.57. The van der Waals surface area contributed by atoms with E-state index in [1.165, 1.54) is 7.11 Å². The molecule has 2 aromatic rings. The Morgan fingerprint density at radius 1 is 1.13 bits per heavy atom. The van der Waals surface area contributed by atoms with Crippen molar-refractivity contribution in [1.29, 1.82) is 5.26 Å². The number of nitriles is 1. The number of nitrogens with one attached hydrogen (secondary N) is 1. The summed E-state index contributed by atoms with van der Waals surface area (Å²) in [5, 5.41) is 11.6. The monoisotopic (exact) mass is 310 g/mol. The van der Waals surface area contributed by atoms with Crippen LogP contribution in [0.3, 0.4) is 0 Å². The van der Waals surface area contributed by atoms with Crippen LogP contribution in [0.25, 0.3) is 0 Å². The predicted octanol–water partition coefficient (Wildman–Crippen LogP) is 2.36. The first-order valence-corrected chi connectivity index (χ1v) is 6.75. The van der Waals surface area contributed by atoms with Crippen LogP contribution in [0.15, 0.2) is 48.5 Å². The molecule has 0 aromatic heterocycles. The van der Waals surface area contributed by atoms with Crippen LogP contribution in [-0.2, 0) is 9.53 Å². The van der Waals surface area contributed by atoms with Gasteiger partial charge < -0.3 is 14.8 Å². The van der Waals surface area contributed by atoms with E-state index in [2.05, 4.69) is 10.1 Å². The van der Waals surface area contributed by atoms with Crippen LogP contribution in [0.1, 0.15) is 15.9 Å². The SMILES string of the molecule is COC(=O)c1ccccc1OCC(=O)Nc1ccccc1C#N. The number of rotatable bonds is 5. The second-order valence-corrected chi connectivity index (χ2v) is 4.48. The predicted molar refractivity (Wildman–Crippen MR) is 83.1 cm³/mol. The fourth-order valence-corrected chi connectivity index (χ4v) is 1.89. The maximum atomic E-state index is 11.9. The number of para-hydroxylation sites is 2. The summed E-state index contributed by atoms with van der Waals surface area (Å²) in [6, 6.07) is 15.1. The highest BCUT2D eigenvalue weighted by atomic mass is 16.5. The molecule has 6 heteroatoms. The molecule has 6 nitrogen and oxygen atoms in total. The van der Waals surface area contributed by atoms with Gasteiger partial charge in [-0.25, -0.2) is 4.79 Å². The number of anilines is 1. The molecular formula is C17H14N2O4. The quantitative estimate of drug-likeness (QED) is 0.856. The average molecular weight is 310 g/mol. The fraction of sp³-hybridized carbons (Fsp3) is 0.118. The first-order valence-electron chi connectivity index (χ1n) is 6.75. The van der Waals surface area contributed by atoms with Gasteiger partial charge in [-0.05, 0) is 24.3 Å². The van der Waals surface area contributed by atoms with Gasteiger partial charge in [0.1, 0.15) is 17.4 Å². The van der Waals surface area contributed by atoms with Gasteiger partial charge in [-0.2, -0.15) is 5.26 Å². The van der Waals surface area contributed by atoms with E-state index >= 15 is 0 Å². The zero-order valence-corrected chi connectivity index (χ0v) is 12.4. The highest BCUT2D eigenvalue weighted by Crippen LogP contribution is 2.19. The Bertz CT molecular complexity index is 765. The third-order valence-electron chi connectivity index (χ3n) is 2.97. The van der Waals surface area contributed by atoms with E-state index in [1.54, 1.807) is 48.5 Å². The van der Waals surface area contributed by atoms with E-state index in [-0.39, 0.29) is 17.9 Å². The van der Waals surface area contributed by atoms with Crippen LogP contribution in [-0.4, -0.2) is 25.6 Å². The van der Waals surface area contributed by atoms with Crippen LogP contribution in [0.5, 0.6) is 5.75 Å². The van der Waals surface area contributed by atoms with Gasteiger partial charge in [0, 0.05) is 0 Å². The number of carbonyl (C=O) groups is 2. The van der Waals surface area contributed by atoms with Gasteiger partial charge in [-0.3, -0.25) is 4.79 Å².